The lowest BCUT2D eigenvalue weighted by Gasteiger charge is -2.36. The first-order chi connectivity index (χ1) is 15.0. The molecule has 0 bridgehead atoms. The van der Waals surface area contributed by atoms with Gasteiger partial charge in [-0.25, -0.2) is 13.4 Å². The molecular formula is C25H25NO5S. The Morgan fingerprint density at radius 2 is 1.66 bits per heavy atom. The van der Waals surface area contributed by atoms with E-state index in [1.807, 2.05) is 36.4 Å². The SMILES string of the molecule is CC(C)S(=O)(=O)c1ccc(-c2ccc3c(n2)Oc2ccccc2C3C(C)(C)C(=O)O)cc1. The lowest BCUT2D eigenvalue weighted by molar-refractivity contribution is -0.147. The molecule has 2 heterocycles. The van der Waals surface area contributed by atoms with Crippen molar-refractivity contribution >= 4 is 15.8 Å². The smallest absolute Gasteiger partial charge is 0.310 e. The molecule has 32 heavy (non-hydrogen) atoms. The number of carboxylic acid groups (broad SMARTS) is 1. The molecule has 0 radical (unpaired) electrons. The second kappa shape index (κ2) is 7.74. The number of carboxylic acids is 1. The second-order valence-corrected chi connectivity index (χ2v) is 11.3. The highest BCUT2D eigenvalue weighted by molar-refractivity contribution is 7.92. The van der Waals surface area contributed by atoms with Crippen LogP contribution in [0.3, 0.4) is 0 Å². The van der Waals surface area contributed by atoms with Crippen molar-refractivity contribution in [1.82, 2.24) is 4.98 Å². The van der Waals surface area contributed by atoms with E-state index < -0.39 is 32.4 Å². The van der Waals surface area contributed by atoms with Gasteiger partial charge in [0.1, 0.15) is 5.75 Å². The third-order valence-electron chi connectivity index (χ3n) is 6.01. The molecule has 1 aliphatic heterocycles. The Bertz CT molecular complexity index is 1290. The highest BCUT2D eigenvalue weighted by Crippen LogP contribution is 2.51. The number of pyridine rings is 1. The van der Waals surface area contributed by atoms with Crippen LogP contribution in [-0.4, -0.2) is 29.7 Å². The fourth-order valence-electron chi connectivity index (χ4n) is 3.99. The molecule has 1 aliphatic rings. The summed E-state index contributed by atoms with van der Waals surface area (Å²) in [5, 5.41) is 9.40. The molecule has 0 saturated heterocycles. The number of aromatic nitrogens is 1. The third kappa shape index (κ3) is 3.56. The summed E-state index contributed by atoms with van der Waals surface area (Å²) in [4.78, 5) is 17.0. The minimum absolute atomic E-state index is 0.266. The number of fused-ring (bicyclic) bond motifs is 2. The van der Waals surface area contributed by atoms with Gasteiger partial charge in [-0.1, -0.05) is 36.4 Å². The third-order valence-corrected chi connectivity index (χ3v) is 8.18. The van der Waals surface area contributed by atoms with E-state index in [-0.39, 0.29) is 4.90 Å². The normalized spacial score (nSPS) is 15.6. The molecule has 2 aromatic carbocycles. The van der Waals surface area contributed by atoms with Gasteiger partial charge in [-0.3, -0.25) is 4.79 Å². The van der Waals surface area contributed by atoms with Crippen LogP contribution in [0.5, 0.6) is 11.6 Å². The van der Waals surface area contributed by atoms with Crippen LogP contribution in [0.15, 0.2) is 65.6 Å². The minimum atomic E-state index is -3.36. The summed E-state index contributed by atoms with van der Waals surface area (Å²) in [6.45, 7) is 6.71. The van der Waals surface area contributed by atoms with Crippen molar-refractivity contribution in [3.05, 3.63) is 71.8 Å². The summed E-state index contributed by atoms with van der Waals surface area (Å²) in [7, 11) is -3.36. The fourth-order valence-corrected chi connectivity index (χ4v) is 5.05. The van der Waals surface area contributed by atoms with Crippen LogP contribution in [0.25, 0.3) is 11.3 Å². The average Bonchev–Trinajstić information content (AvgIpc) is 2.76. The standard InChI is InChI=1S/C25H25NO5S/c1-15(2)32(29,30)17-11-9-16(10-12-17)20-14-13-19-22(25(3,4)24(27)28)18-7-5-6-8-21(18)31-23(19)26-20/h5-15,22H,1-4H3,(H,27,28). The van der Waals surface area contributed by atoms with Crippen molar-refractivity contribution in [3.63, 3.8) is 0 Å². The minimum Gasteiger partial charge on any atom is -0.481 e. The van der Waals surface area contributed by atoms with E-state index >= 15 is 0 Å². The Labute approximate surface area is 187 Å². The van der Waals surface area contributed by atoms with Gasteiger partial charge in [0, 0.05) is 22.6 Å². The van der Waals surface area contributed by atoms with Crippen LogP contribution < -0.4 is 4.74 Å². The number of benzene rings is 2. The zero-order valence-electron chi connectivity index (χ0n) is 18.4. The predicted octanol–water partition coefficient (Wildman–Crippen LogP) is 5.28. The van der Waals surface area contributed by atoms with Gasteiger partial charge in [0.25, 0.3) is 0 Å². The van der Waals surface area contributed by atoms with E-state index in [0.717, 1.165) is 11.1 Å². The number of nitrogens with zero attached hydrogens (tertiary/aromatic N) is 1. The first kappa shape index (κ1) is 22.0. The Morgan fingerprint density at radius 1 is 1.00 bits per heavy atom. The summed E-state index contributed by atoms with van der Waals surface area (Å²) < 4.78 is 30.8. The average molecular weight is 452 g/mol. The second-order valence-electron chi connectivity index (χ2n) is 8.81. The van der Waals surface area contributed by atoms with E-state index in [1.54, 1.807) is 52.0 Å². The quantitative estimate of drug-likeness (QED) is 0.567. The molecule has 0 fully saturated rings. The van der Waals surface area contributed by atoms with Gasteiger partial charge in [0.05, 0.1) is 21.3 Å². The molecule has 1 N–H and O–H groups in total. The van der Waals surface area contributed by atoms with E-state index in [1.165, 1.54) is 0 Å². The molecule has 3 aromatic rings. The lowest BCUT2D eigenvalue weighted by Crippen LogP contribution is -2.33. The number of para-hydroxylation sites is 1. The summed E-state index contributed by atoms with van der Waals surface area (Å²) >= 11 is 0. The van der Waals surface area contributed by atoms with Crippen molar-refractivity contribution in [1.29, 1.82) is 0 Å². The van der Waals surface area contributed by atoms with Crippen LogP contribution in [-0.2, 0) is 14.6 Å². The molecule has 0 saturated carbocycles. The summed E-state index contributed by atoms with van der Waals surface area (Å²) in [5.74, 6) is -0.391. The zero-order valence-corrected chi connectivity index (χ0v) is 19.2. The molecule has 6 nitrogen and oxygen atoms in total. The summed E-state index contributed by atoms with van der Waals surface area (Å²) in [6, 6.07) is 17.7. The van der Waals surface area contributed by atoms with Gasteiger partial charge >= 0.3 is 5.97 Å². The van der Waals surface area contributed by atoms with Crippen molar-refractivity contribution in [2.24, 2.45) is 5.41 Å². The number of sulfone groups is 1. The molecule has 1 aromatic heterocycles. The number of carbonyl (C=O) groups is 1. The van der Waals surface area contributed by atoms with Crippen molar-refractivity contribution in [3.8, 4) is 22.9 Å². The highest BCUT2D eigenvalue weighted by Gasteiger charge is 2.44. The molecule has 0 aliphatic carbocycles. The Kier molecular flexibility index (Phi) is 5.33. The van der Waals surface area contributed by atoms with E-state index in [2.05, 4.69) is 4.98 Å². The van der Waals surface area contributed by atoms with Crippen LogP contribution in [0.2, 0.25) is 0 Å². The molecule has 7 heteroatoms. The molecule has 0 amide bonds. The maximum Gasteiger partial charge on any atom is 0.310 e. The molecular weight excluding hydrogens is 426 g/mol. The van der Waals surface area contributed by atoms with Crippen LogP contribution in [0, 0.1) is 5.41 Å². The maximum absolute atomic E-state index is 12.4. The molecule has 4 rings (SSSR count). The number of hydrogen-bond acceptors (Lipinski definition) is 5. The van der Waals surface area contributed by atoms with Gasteiger partial charge in [-0.05, 0) is 52.0 Å². The van der Waals surface area contributed by atoms with Gasteiger partial charge < -0.3 is 9.84 Å². The summed E-state index contributed by atoms with van der Waals surface area (Å²) in [5.41, 5.74) is 1.80. The summed E-state index contributed by atoms with van der Waals surface area (Å²) in [6.07, 6.45) is 0. The van der Waals surface area contributed by atoms with E-state index in [0.29, 0.717) is 22.9 Å². The monoisotopic (exact) mass is 451 g/mol. The number of rotatable bonds is 5. The zero-order chi connectivity index (χ0) is 23.3. The van der Waals surface area contributed by atoms with Gasteiger partial charge in [-0.2, -0.15) is 0 Å². The molecule has 1 atom stereocenters. The highest BCUT2D eigenvalue weighted by atomic mass is 32.2. The van der Waals surface area contributed by atoms with Crippen LogP contribution in [0.4, 0.5) is 0 Å². The largest absolute Gasteiger partial charge is 0.481 e. The number of aliphatic carboxylic acids is 1. The Morgan fingerprint density at radius 3 is 2.28 bits per heavy atom. The van der Waals surface area contributed by atoms with Gasteiger partial charge in [-0.15, -0.1) is 0 Å². The first-order valence-corrected chi connectivity index (χ1v) is 11.9. The van der Waals surface area contributed by atoms with Crippen LogP contribution in [0.1, 0.15) is 44.7 Å². The van der Waals surface area contributed by atoms with Gasteiger partial charge in [0.2, 0.25) is 5.88 Å². The lowest BCUT2D eigenvalue weighted by atomic mass is 9.70. The number of hydrogen-bond donors (Lipinski definition) is 1. The van der Waals surface area contributed by atoms with E-state index in [9.17, 15) is 18.3 Å². The molecule has 166 valence electrons. The fraction of sp³-hybridized carbons (Fsp3) is 0.280. The topological polar surface area (TPSA) is 93.6 Å². The number of ether oxygens (including phenoxy) is 1. The Balaban J connectivity index is 1.78. The first-order valence-electron chi connectivity index (χ1n) is 10.4. The van der Waals surface area contributed by atoms with Crippen molar-refractivity contribution in [2.75, 3.05) is 0 Å². The Hall–Kier alpha value is -3.19. The van der Waals surface area contributed by atoms with Gasteiger partial charge in [0.15, 0.2) is 9.84 Å². The maximum atomic E-state index is 12.4. The molecule has 1 unspecified atom stereocenters. The molecule has 0 spiro atoms. The van der Waals surface area contributed by atoms with E-state index in [4.69, 9.17) is 4.74 Å². The predicted molar refractivity (Wildman–Crippen MR) is 122 cm³/mol. The van der Waals surface area contributed by atoms with Crippen LogP contribution >= 0.6 is 0 Å². The van der Waals surface area contributed by atoms with Crippen molar-refractivity contribution in [2.45, 2.75) is 43.8 Å². The van der Waals surface area contributed by atoms with Crippen molar-refractivity contribution < 1.29 is 23.1 Å².